The van der Waals surface area contributed by atoms with Gasteiger partial charge in [-0.15, -0.1) is 0 Å². The first-order valence-corrected chi connectivity index (χ1v) is 8.49. The third-order valence-electron chi connectivity index (χ3n) is 3.43. The standard InChI is InChI=1S/C16H10BrClF3N3O2/c1-2-26-15(25)13-12(18)14-22-10(8-3-5-9(17)6-4-8)7-11(16(19,20)21)24(14)23-13/h3-7H,2H2,1H3. The molecule has 136 valence electrons. The van der Waals surface area contributed by atoms with Crippen LogP contribution in [0.2, 0.25) is 5.02 Å². The molecule has 0 spiro atoms. The van der Waals surface area contributed by atoms with Crippen LogP contribution in [0, 0.1) is 0 Å². The minimum atomic E-state index is -4.73. The van der Waals surface area contributed by atoms with Gasteiger partial charge in [-0.25, -0.2) is 14.3 Å². The van der Waals surface area contributed by atoms with Crippen LogP contribution in [0.5, 0.6) is 0 Å². The number of nitrogens with zero attached hydrogens (tertiary/aromatic N) is 3. The molecular formula is C16H10BrClF3N3O2. The van der Waals surface area contributed by atoms with Crippen LogP contribution in [0.15, 0.2) is 34.8 Å². The van der Waals surface area contributed by atoms with E-state index in [9.17, 15) is 18.0 Å². The number of rotatable bonds is 3. The Labute approximate surface area is 158 Å². The number of carbonyl (C=O) groups excluding carboxylic acids is 1. The Morgan fingerprint density at radius 1 is 1.31 bits per heavy atom. The van der Waals surface area contributed by atoms with Crippen LogP contribution < -0.4 is 0 Å². The predicted octanol–water partition coefficient (Wildman–Crippen LogP) is 5.01. The van der Waals surface area contributed by atoms with E-state index in [-0.39, 0.29) is 23.0 Å². The zero-order valence-electron chi connectivity index (χ0n) is 13.1. The molecule has 5 nitrogen and oxygen atoms in total. The predicted molar refractivity (Wildman–Crippen MR) is 92.1 cm³/mol. The number of halogens is 5. The summed E-state index contributed by atoms with van der Waals surface area (Å²) in [6.07, 6.45) is -4.73. The molecule has 0 fully saturated rings. The van der Waals surface area contributed by atoms with Gasteiger partial charge in [0.2, 0.25) is 0 Å². The van der Waals surface area contributed by atoms with E-state index in [1.165, 1.54) is 0 Å². The molecule has 0 radical (unpaired) electrons. The molecule has 3 rings (SSSR count). The van der Waals surface area contributed by atoms with E-state index in [1.54, 1.807) is 31.2 Å². The number of esters is 1. The summed E-state index contributed by atoms with van der Waals surface area (Å²) in [5.74, 6) is -0.915. The molecule has 0 N–H and O–H groups in total. The summed E-state index contributed by atoms with van der Waals surface area (Å²) in [6.45, 7) is 1.60. The second kappa shape index (κ2) is 6.88. The maximum atomic E-state index is 13.5. The Kier molecular flexibility index (Phi) is 4.94. The van der Waals surface area contributed by atoms with Crippen LogP contribution in [0.25, 0.3) is 16.9 Å². The molecule has 10 heteroatoms. The molecule has 26 heavy (non-hydrogen) atoms. The van der Waals surface area contributed by atoms with Crippen molar-refractivity contribution in [2.45, 2.75) is 13.1 Å². The first-order valence-electron chi connectivity index (χ1n) is 7.32. The molecule has 0 bridgehead atoms. The van der Waals surface area contributed by atoms with Gasteiger partial charge >= 0.3 is 12.1 Å². The highest BCUT2D eigenvalue weighted by Crippen LogP contribution is 2.34. The van der Waals surface area contributed by atoms with Gasteiger partial charge in [0.05, 0.1) is 12.3 Å². The van der Waals surface area contributed by atoms with E-state index in [0.29, 0.717) is 10.1 Å². The highest BCUT2D eigenvalue weighted by Gasteiger charge is 2.36. The lowest BCUT2D eigenvalue weighted by Gasteiger charge is -2.11. The quantitative estimate of drug-likeness (QED) is 0.529. The van der Waals surface area contributed by atoms with Gasteiger partial charge in [0.25, 0.3) is 0 Å². The normalized spacial score (nSPS) is 11.8. The number of hydrogen-bond donors (Lipinski definition) is 0. The van der Waals surface area contributed by atoms with Gasteiger partial charge in [0.15, 0.2) is 17.0 Å². The Bertz CT molecular complexity index is 987. The Hall–Kier alpha value is -2.13. The van der Waals surface area contributed by atoms with Gasteiger partial charge in [-0.05, 0) is 25.1 Å². The van der Waals surface area contributed by atoms with Crippen LogP contribution in [-0.4, -0.2) is 27.2 Å². The van der Waals surface area contributed by atoms with Gasteiger partial charge in [-0.2, -0.15) is 18.3 Å². The molecule has 0 aliphatic heterocycles. The van der Waals surface area contributed by atoms with Crippen molar-refractivity contribution in [3.63, 3.8) is 0 Å². The lowest BCUT2D eigenvalue weighted by atomic mass is 10.1. The van der Waals surface area contributed by atoms with Crippen molar-refractivity contribution in [2.24, 2.45) is 0 Å². The van der Waals surface area contributed by atoms with Crippen molar-refractivity contribution in [1.82, 2.24) is 14.6 Å². The molecular weight excluding hydrogens is 439 g/mol. The maximum absolute atomic E-state index is 13.5. The number of hydrogen-bond acceptors (Lipinski definition) is 4. The molecule has 3 aromatic rings. The zero-order chi connectivity index (χ0) is 19.1. The minimum absolute atomic E-state index is 0.0345. The fourth-order valence-corrected chi connectivity index (χ4v) is 2.79. The molecule has 0 aliphatic rings. The topological polar surface area (TPSA) is 56.5 Å². The van der Waals surface area contributed by atoms with Crippen LogP contribution in [-0.2, 0) is 10.9 Å². The fourth-order valence-electron chi connectivity index (χ4n) is 2.29. The SMILES string of the molecule is CCOC(=O)c1nn2c(C(F)(F)F)cc(-c3ccc(Br)cc3)nc2c1Cl. The summed E-state index contributed by atoms with van der Waals surface area (Å²) in [5.41, 5.74) is -1.29. The van der Waals surface area contributed by atoms with Gasteiger partial charge < -0.3 is 4.74 Å². The fraction of sp³-hybridized carbons (Fsp3) is 0.188. The largest absolute Gasteiger partial charge is 0.461 e. The number of ether oxygens (including phenoxy) is 1. The van der Waals surface area contributed by atoms with Crippen molar-refractivity contribution in [1.29, 1.82) is 0 Å². The molecule has 0 unspecified atom stereocenters. The van der Waals surface area contributed by atoms with Crippen molar-refractivity contribution in [2.75, 3.05) is 6.61 Å². The molecule has 0 saturated carbocycles. The van der Waals surface area contributed by atoms with Crippen LogP contribution in [0.3, 0.4) is 0 Å². The van der Waals surface area contributed by atoms with E-state index in [2.05, 4.69) is 26.0 Å². The summed E-state index contributed by atoms with van der Waals surface area (Å²) in [7, 11) is 0. The highest BCUT2D eigenvalue weighted by molar-refractivity contribution is 9.10. The number of aromatic nitrogens is 3. The first kappa shape index (κ1) is 18.7. The minimum Gasteiger partial charge on any atom is -0.461 e. The van der Waals surface area contributed by atoms with E-state index in [1.807, 2.05) is 0 Å². The van der Waals surface area contributed by atoms with Crippen molar-refractivity contribution >= 4 is 39.1 Å². The summed E-state index contributed by atoms with van der Waals surface area (Å²) in [4.78, 5) is 16.0. The van der Waals surface area contributed by atoms with E-state index in [4.69, 9.17) is 16.3 Å². The van der Waals surface area contributed by atoms with Gasteiger partial charge in [0.1, 0.15) is 5.02 Å². The van der Waals surface area contributed by atoms with Gasteiger partial charge in [-0.1, -0.05) is 39.7 Å². The number of benzene rings is 1. The van der Waals surface area contributed by atoms with E-state index >= 15 is 0 Å². The molecule has 1 aromatic carbocycles. The van der Waals surface area contributed by atoms with E-state index in [0.717, 1.165) is 10.5 Å². The first-order chi connectivity index (χ1) is 12.2. The maximum Gasteiger partial charge on any atom is 0.433 e. The molecule has 2 heterocycles. The van der Waals surface area contributed by atoms with Crippen LogP contribution in [0.1, 0.15) is 23.1 Å². The van der Waals surface area contributed by atoms with Gasteiger partial charge in [-0.3, -0.25) is 0 Å². The Morgan fingerprint density at radius 2 is 1.96 bits per heavy atom. The lowest BCUT2D eigenvalue weighted by Crippen LogP contribution is -2.14. The van der Waals surface area contributed by atoms with Crippen LogP contribution >= 0.6 is 27.5 Å². The number of carbonyl (C=O) groups is 1. The van der Waals surface area contributed by atoms with Crippen molar-refractivity contribution < 1.29 is 22.7 Å². The Morgan fingerprint density at radius 3 is 2.54 bits per heavy atom. The van der Waals surface area contributed by atoms with Crippen LogP contribution in [0.4, 0.5) is 13.2 Å². The number of alkyl halides is 3. The summed E-state index contributed by atoms with van der Waals surface area (Å²) < 4.78 is 46.6. The molecule has 0 aliphatic carbocycles. The average Bonchev–Trinajstić information content (AvgIpc) is 2.91. The summed E-state index contributed by atoms with van der Waals surface area (Å²) in [6, 6.07) is 7.43. The number of fused-ring (bicyclic) bond motifs is 1. The molecule has 2 aromatic heterocycles. The second-order valence-electron chi connectivity index (χ2n) is 5.15. The average molecular weight is 449 g/mol. The molecule has 0 amide bonds. The third-order valence-corrected chi connectivity index (χ3v) is 4.31. The highest BCUT2D eigenvalue weighted by atomic mass is 79.9. The molecule has 0 atom stereocenters. The van der Waals surface area contributed by atoms with E-state index < -0.39 is 23.5 Å². The van der Waals surface area contributed by atoms with Gasteiger partial charge in [0, 0.05) is 10.0 Å². The summed E-state index contributed by atoms with van der Waals surface area (Å²) in [5, 5.41) is 3.37. The Balaban J connectivity index is 2.28. The van der Waals surface area contributed by atoms with Crippen molar-refractivity contribution in [3.05, 3.63) is 51.2 Å². The third kappa shape index (κ3) is 3.41. The van der Waals surface area contributed by atoms with Crippen molar-refractivity contribution in [3.8, 4) is 11.3 Å². The monoisotopic (exact) mass is 447 g/mol. The summed E-state index contributed by atoms with van der Waals surface area (Å²) >= 11 is 9.34. The second-order valence-corrected chi connectivity index (χ2v) is 6.44. The zero-order valence-corrected chi connectivity index (χ0v) is 15.5. The lowest BCUT2D eigenvalue weighted by molar-refractivity contribution is -0.142. The molecule has 0 saturated heterocycles. The smallest absolute Gasteiger partial charge is 0.433 e.